The van der Waals surface area contributed by atoms with E-state index < -0.39 is 0 Å². The van der Waals surface area contributed by atoms with Crippen molar-refractivity contribution in [3.8, 4) is 0 Å². The van der Waals surface area contributed by atoms with Crippen molar-refractivity contribution in [3.63, 3.8) is 0 Å². The van der Waals surface area contributed by atoms with E-state index >= 15 is 0 Å². The van der Waals surface area contributed by atoms with Gasteiger partial charge in [0.05, 0.1) is 0 Å². The highest BCUT2D eigenvalue weighted by Gasteiger charge is 2.04. The van der Waals surface area contributed by atoms with Gasteiger partial charge in [-0.15, -0.1) is 6.58 Å². The van der Waals surface area contributed by atoms with Crippen LogP contribution < -0.4 is 0 Å². The molecule has 1 atom stereocenters. The molecule has 0 aromatic heterocycles. The maximum atomic E-state index is 3.95. The first-order chi connectivity index (χ1) is 6.34. The van der Waals surface area contributed by atoms with E-state index in [0.717, 1.165) is 6.42 Å². The summed E-state index contributed by atoms with van der Waals surface area (Å²) in [6.07, 6.45) is 3.39. The van der Waals surface area contributed by atoms with Crippen LogP contribution in [-0.2, 0) is 0 Å². The van der Waals surface area contributed by atoms with Crippen LogP contribution in [0.25, 0.3) is 0 Å². The summed E-state index contributed by atoms with van der Waals surface area (Å²) in [4.78, 5) is 0. The van der Waals surface area contributed by atoms with Gasteiger partial charge in [-0.1, -0.05) is 35.3 Å². The molecule has 0 saturated heterocycles. The van der Waals surface area contributed by atoms with E-state index in [9.17, 15) is 0 Å². The van der Waals surface area contributed by atoms with Crippen molar-refractivity contribution in [2.45, 2.75) is 48.0 Å². The Labute approximate surface area is 89.4 Å². The van der Waals surface area contributed by atoms with E-state index in [-0.39, 0.29) is 0 Å². The number of hydrogen-bond acceptors (Lipinski definition) is 0. The molecule has 0 bridgehead atoms. The largest absolute Gasteiger partial charge is 0.100 e. The summed E-state index contributed by atoms with van der Waals surface area (Å²) in [6, 6.07) is 0. The molecule has 0 radical (unpaired) electrons. The average Bonchev–Trinajstić information content (AvgIpc) is 2.02. The molecule has 0 aliphatic carbocycles. The summed E-state index contributed by atoms with van der Waals surface area (Å²) in [6.45, 7) is 17.0. The van der Waals surface area contributed by atoms with Gasteiger partial charge in [-0.3, -0.25) is 0 Å². The molecule has 0 aromatic rings. The van der Waals surface area contributed by atoms with E-state index in [2.05, 4.69) is 54.2 Å². The molecule has 0 nitrogen and oxygen atoms in total. The minimum Gasteiger partial charge on any atom is -0.100 e. The van der Waals surface area contributed by atoms with Gasteiger partial charge in [0.2, 0.25) is 0 Å². The lowest BCUT2D eigenvalue weighted by molar-refractivity contribution is 0.672. The van der Waals surface area contributed by atoms with Gasteiger partial charge in [0, 0.05) is 0 Å². The molecule has 80 valence electrons. The highest BCUT2D eigenvalue weighted by Crippen LogP contribution is 2.20. The number of rotatable bonds is 4. The first-order valence-electron chi connectivity index (χ1n) is 5.31. The Morgan fingerprint density at radius 1 is 1.14 bits per heavy atom. The van der Waals surface area contributed by atoms with Crippen molar-refractivity contribution in [3.05, 3.63) is 34.9 Å². The lowest BCUT2D eigenvalue weighted by atomic mass is 9.94. The van der Waals surface area contributed by atoms with Gasteiger partial charge < -0.3 is 0 Å². The minimum absolute atomic E-state index is 0.613. The fraction of sp³-hybridized carbons (Fsp3) is 0.571. The third-order valence-electron chi connectivity index (χ3n) is 2.66. The molecule has 0 spiro atoms. The summed E-state index contributed by atoms with van der Waals surface area (Å²) in [5.41, 5.74) is 5.50. The first-order valence-corrected chi connectivity index (χ1v) is 5.31. The second kappa shape index (κ2) is 5.85. The molecular weight excluding hydrogens is 168 g/mol. The van der Waals surface area contributed by atoms with Crippen molar-refractivity contribution in [1.29, 1.82) is 0 Å². The Morgan fingerprint density at radius 3 is 2.00 bits per heavy atom. The molecular formula is C14H24. The van der Waals surface area contributed by atoms with Crippen LogP contribution in [0.4, 0.5) is 0 Å². The van der Waals surface area contributed by atoms with Gasteiger partial charge in [0.25, 0.3) is 0 Å². The maximum Gasteiger partial charge on any atom is -0.0194 e. The van der Waals surface area contributed by atoms with Crippen LogP contribution in [0.15, 0.2) is 34.9 Å². The van der Waals surface area contributed by atoms with Gasteiger partial charge in [-0.25, -0.2) is 0 Å². The van der Waals surface area contributed by atoms with Gasteiger partial charge in [0.15, 0.2) is 0 Å². The summed E-state index contributed by atoms with van der Waals surface area (Å²) in [5.74, 6) is 0.613. The van der Waals surface area contributed by atoms with Gasteiger partial charge in [-0.05, 0) is 47.0 Å². The summed E-state index contributed by atoms with van der Waals surface area (Å²) in [5, 5.41) is 0. The lowest BCUT2D eigenvalue weighted by Crippen LogP contribution is -1.97. The molecule has 0 rings (SSSR count). The maximum absolute atomic E-state index is 3.95. The second-order valence-corrected chi connectivity index (χ2v) is 4.63. The van der Waals surface area contributed by atoms with E-state index in [4.69, 9.17) is 0 Å². The molecule has 0 aliphatic heterocycles. The van der Waals surface area contributed by atoms with Crippen molar-refractivity contribution >= 4 is 0 Å². The van der Waals surface area contributed by atoms with Crippen LogP contribution in [-0.4, -0.2) is 0 Å². The Kier molecular flexibility index (Phi) is 5.52. The van der Waals surface area contributed by atoms with Gasteiger partial charge >= 0.3 is 0 Å². The van der Waals surface area contributed by atoms with Crippen LogP contribution in [0.3, 0.4) is 0 Å². The highest BCUT2D eigenvalue weighted by atomic mass is 14.1. The van der Waals surface area contributed by atoms with Crippen LogP contribution >= 0.6 is 0 Å². The Bertz CT molecular complexity index is 260. The monoisotopic (exact) mass is 192 g/mol. The quantitative estimate of drug-likeness (QED) is 0.439. The lowest BCUT2D eigenvalue weighted by Gasteiger charge is -2.12. The van der Waals surface area contributed by atoms with Crippen molar-refractivity contribution in [2.24, 2.45) is 5.92 Å². The Balaban J connectivity index is 4.53. The number of allylic oxidation sites excluding steroid dienone is 5. The smallest absolute Gasteiger partial charge is 0.0194 e. The molecule has 0 N–H and O–H groups in total. The summed E-state index contributed by atoms with van der Waals surface area (Å²) < 4.78 is 0. The second-order valence-electron chi connectivity index (χ2n) is 4.63. The van der Waals surface area contributed by atoms with Crippen molar-refractivity contribution in [2.75, 3.05) is 0 Å². The summed E-state index contributed by atoms with van der Waals surface area (Å²) in [7, 11) is 0. The van der Waals surface area contributed by atoms with Crippen LogP contribution in [0.5, 0.6) is 0 Å². The topological polar surface area (TPSA) is 0 Å². The van der Waals surface area contributed by atoms with Crippen LogP contribution in [0, 0.1) is 5.92 Å². The zero-order chi connectivity index (χ0) is 11.3. The molecule has 0 fully saturated rings. The fourth-order valence-electron chi connectivity index (χ4n) is 1.31. The molecule has 14 heavy (non-hydrogen) atoms. The molecule has 0 saturated carbocycles. The Hall–Kier alpha value is -0.780. The third-order valence-corrected chi connectivity index (χ3v) is 2.66. The molecule has 0 aliphatic rings. The van der Waals surface area contributed by atoms with Gasteiger partial charge in [0.1, 0.15) is 0 Å². The molecule has 0 heteroatoms. The SMILES string of the molecule is C=C(C)CC(C)C(C)=CC(C)=C(C)C. The fourth-order valence-corrected chi connectivity index (χ4v) is 1.31. The van der Waals surface area contributed by atoms with E-state index in [1.54, 1.807) is 0 Å². The third kappa shape index (κ3) is 5.06. The standard InChI is InChI=1S/C14H24/c1-10(2)8-13(6)14(7)9-12(5)11(3)4/h9,13H,1,8H2,2-7H3. The number of hydrogen-bond donors (Lipinski definition) is 0. The van der Waals surface area contributed by atoms with Crippen LogP contribution in [0.2, 0.25) is 0 Å². The van der Waals surface area contributed by atoms with Crippen molar-refractivity contribution < 1.29 is 0 Å². The predicted molar refractivity (Wildman–Crippen MR) is 66.4 cm³/mol. The van der Waals surface area contributed by atoms with Gasteiger partial charge in [-0.2, -0.15) is 0 Å². The zero-order valence-corrected chi connectivity index (χ0v) is 10.6. The van der Waals surface area contributed by atoms with E-state index in [1.165, 1.54) is 22.3 Å². The molecule has 0 heterocycles. The van der Waals surface area contributed by atoms with E-state index in [1.807, 2.05) is 0 Å². The average molecular weight is 192 g/mol. The predicted octanol–water partition coefficient (Wildman–Crippen LogP) is 4.89. The summed E-state index contributed by atoms with van der Waals surface area (Å²) >= 11 is 0. The zero-order valence-electron chi connectivity index (χ0n) is 10.6. The minimum atomic E-state index is 0.613. The first kappa shape index (κ1) is 13.2. The van der Waals surface area contributed by atoms with Crippen molar-refractivity contribution in [1.82, 2.24) is 0 Å². The molecule has 0 aromatic carbocycles. The Morgan fingerprint density at radius 2 is 1.64 bits per heavy atom. The molecule has 1 unspecified atom stereocenters. The molecule has 0 amide bonds. The van der Waals surface area contributed by atoms with E-state index in [0.29, 0.717) is 5.92 Å². The van der Waals surface area contributed by atoms with Crippen LogP contribution in [0.1, 0.15) is 48.0 Å². The highest BCUT2D eigenvalue weighted by molar-refractivity contribution is 5.25. The normalized spacial score (nSPS) is 13.7.